The fraction of sp³-hybridized carbons (Fsp3) is 0.562. The highest BCUT2D eigenvalue weighted by Crippen LogP contribution is 2.24. The number of aryl methyl sites for hydroxylation is 1. The highest BCUT2D eigenvalue weighted by molar-refractivity contribution is 7.89. The van der Waals surface area contributed by atoms with Crippen molar-refractivity contribution in [1.82, 2.24) is 9.29 Å². The predicted octanol–water partition coefficient (Wildman–Crippen LogP) is 2.88. The Bertz CT molecular complexity index is 623. The van der Waals surface area contributed by atoms with E-state index in [1.54, 1.807) is 16.6 Å². The molecule has 120 valence electrons. The Hall–Kier alpha value is -1.09. The van der Waals surface area contributed by atoms with Gasteiger partial charge in [-0.1, -0.05) is 24.1 Å². The fourth-order valence-electron chi connectivity index (χ4n) is 2.80. The lowest BCUT2D eigenvalue weighted by molar-refractivity contribution is 0.242. The van der Waals surface area contributed by atoms with Crippen LogP contribution < -0.4 is 0 Å². The maximum Gasteiger partial charge on any atom is 0.214 e. The molecule has 1 aromatic rings. The lowest BCUT2D eigenvalue weighted by atomic mass is 10.0. The SMILES string of the molecule is C#CCCC1CCCCN1S(=O)(=O)CCc1ccc(Cl)nc1. The molecule has 22 heavy (non-hydrogen) atoms. The van der Waals surface area contributed by atoms with Crippen molar-refractivity contribution < 1.29 is 8.42 Å². The summed E-state index contributed by atoms with van der Waals surface area (Å²) >= 11 is 5.74. The molecule has 1 saturated heterocycles. The van der Waals surface area contributed by atoms with Gasteiger partial charge in [0.15, 0.2) is 0 Å². The molecule has 1 aliphatic rings. The number of rotatable bonds is 6. The number of pyridine rings is 1. The Balaban J connectivity index is 2.01. The first kappa shape index (κ1) is 17.3. The summed E-state index contributed by atoms with van der Waals surface area (Å²) in [4.78, 5) is 3.98. The van der Waals surface area contributed by atoms with E-state index in [4.69, 9.17) is 18.0 Å². The Morgan fingerprint density at radius 2 is 2.23 bits per heavy atom. The minimum atomic E-state index is -3.27. The summed E-state index contributed by atoms with van der Waals surface area (Å²) in [6.07, 6.45) is 11.7. The van der Waals surface area contributed by atoms with Crippen LogP contribution in [0.4, 0.5) is 0 Å². The number of hydrogen-bond acceptors (Lipinski definition) is 3. The van der Waals surface area contributed by atoms with Crippen molar-refractivity contribution in [3.8, 4) is 12.3 Å². The first-order valence-corrected chi connectivity index (χ1v) is 9.55. The number of piperidine rings is 1. The molecule has 0 amide bonds. The second-order valence-corrected chi connectivity index (χ2v) is 7.99. The zero-order chi connectivity index (χ0) is 16.0. The summed E-state index contributed by atoms with van der Waals surface area (Å²) in [5.41, 5.74) is 0.880. The number of halogens is 1. The zero-order valence-corrected chi connectivity index (χ0v) is 14.1. The van der Waals surface area contributed by atoms with Gasteiger partial charge in [-0.15, -0.1) is 12.3 Å². The molecule has 1 aliphatic heterocycles. The largest absolute Gasteiger partial charge is 0.244 e. The number of terminal acetylenes is 1. The van der Waals surface area contributed by atoms with E-state index in [1.807, 2.05) is 6.07 Å². The molecule has 1 unspecified atom stereocenters. The quantitative estimate of drug-likeness (QED) is 0.591. The van der Waals surface area contributed by atoms with Crippen molar-refractivity contribution in [2.24, 2.45) is 0 Å². The van der Waals surface area contributed by atoms with Crippen molar-refractivity contribution >= 4 is 21.6 Å². The standard InChI is InChI=1S/C16H21ClN2O2S/c1-2-3-6-15-7-4-5-11-19(15)22(20,21)12-10-14-8-9-16(17)18-13-14/h1,8-9,13,15H,3-7,10-12H2. The molecule has 2 rings (SSSR count). The van der Waals surface area contributed by atoms with Crippen molar-refractivity contribution in [1.29, 1.82) is 0 Å². The fourth-order valence-corrected chi connectivity index (χ4v) is 4.71. The van der Waals surface area contributed by atoms with E-state index in [-0.39, 0.29) is 11.8 Å². The molecule has 1 fully saturated rings. The van der Waals surface area contributed by atoms with E-state index < -0.39 is 10.0 Å². The van der Waals surface area contributed by atoms with Gasteiger partial charge < -0.3 is 0 Å². The van der Waals surface area contributed by atoms with E-state index >= 15 is 0 Å². The lowest BCUT2D eigenvalue weighted by Crippen LogP contribution is -2.44. The molecular weight excluding hydrogens is 320 g/mol. The normalized spacial score (nSPS) is 19.7. The van der Waals surface area contributed by atoms with Crippen LogP contribution in [-0.4, -0.2) is 36.0 Å². The maximum atomic E-state index is 12.6. The first-order chi connectivity index (χ1) is 10.5. The molecule has 0 radical (unpaired) electrons. The monoisotopic (exact) mass is 340 g/mol. The molecule has 0 N–H and O–H groups in total. The molecule has 0 bridgehead atoms. The molecule has 6 heteroatoms. The predicted molar refractivity (Wildman–Crippen MR) is 89.1 cm³/mol. The molecular formula is C16H21ClN2O2S. The molecule has 0 saturated carbocycles. The minimum absolute atomic E-state index is 0.0538. The Kier molecular flexibility index (Phi) is 6.25. The van der Waals surface area contributed by atoms with Crippen LogP contribution in [0.1, 0.15) is 37.7 Å². The van der Waals surface area contributed by atoms with Gasteiger partial charge in [-0.05, 0) is 37.3 Å². The third-order valence-electron chi connectivity index (χ3n) is 3.99. The van der Waals surface area contributed by atoms with Gasteiger partial charge in [0.25, 0.3) is 0 Å². The summed E-state index contributed by atoms with van der Waals surface area (Å²) in [5.74, 6) is 2.71. The molecule has 0 aliphatic carbocycles. The third kappa shape index (κ3) is 4.70. The van der Waals surface area contributed by atoms with Gasteiger partial charge in [0.2, 0.25) is 10.0 Å². The number of hydrogen-bond donors (Lipinski definition) is 0. The second-order valence-electron chi connectivity index (χ2n) is 5.56. The van der Waals surface area contributed by atoms with Crippen molar-refractivity contribution in [2.45, 2.75) is 44.6 Å². The topological polar surface area (TPSA) is 50.3 Å². The van der Waals surface area contributed by atoms with Gasteiger partial charge in [-0.3, -0.25) is 0 Å². The summed E-state index contributed by atoms with van der Waals surface area (Å²) in [6.45, 7) is 0.608. The third-order valence-corrected chi connectivity index (χ3v) is 6.13. The maximum absolute atomic E-state index is 12.6. The van der Waals surface area contributed by atoms with Gasteiger partial charge in [0.05, 0.1) is 5.75 Å². The van der Waals surface area contributed by atoms with E-state index in [2.05, 4.69) is 10.9 Å². The van der Waals surface area contributed by atoms with Crippen LogP contribution in [0.2, 0.25) is 5.15 Å². The average Bonchev–Trinajstić information content (AvgIpc) is 2.53. The van der Waals surface area contributed by atoms with Crippen LogP contribution in [-0.2, 0) is 16.4 Å². The zero-order valence-electron chi connectivity index (χ0n) is 12.5. The molecule has 4 nitrogen and oxygen atoms in total. The van der Waals surface area contributed by atoms with E-state index in [1.165, 1.54) is 0 Å². The van der Waals surface area contributed by atoms with Gasteiger partial charge in [-0.2, -0.15) is 4.31 Å². The summed E-state index contributed by atoms with van der Waals surface area (Å²) in [6, 6.07) is 3.55. The summed E-state index contributed by atoms with van der Waals surface area (Å²) < 4.78 is 26.9. The first-order valence-electron chi connectivity index (χ1n) is 7.56. The Morgan fingerprint density at radius 3 is 2.91 bits per heavy atom. The van der Waals surface area contributed by atoms with Crippen molar-refractivity contribution in [3.63, 3.8) is 0 Å². The van der Waals surface area contributed by atoms with Crippen molar-refractivity contribution in [2.75, 3.05) is 12.3 Å². The molecule has 1 aromatic heterocycles. The van der Waals surface area contributed by atoms with Gasteiger partial charge in [0.1, 0.15) is 5.15 Å². The van der Waals surface area contributed by atoms with E-state index in [0.717, 1.165) is 31.2 Å². The van der Waals surface area contributed by atoms with Crippen LogP contribution in [0.15, 0.2) is 18.3 Å². The van der Waals surface area contributed by atoms with Crippen LogP contribution in [0.5, 0.6) is 0 Å². The lowest BCUT2D eigenvalue weighted by Gasteiger charge is -2.34. The van der Waals surface area contributed by atoms with Crippen LogP contribution in [0, 0.1) is 12.3 Å². The molecule has 1 atom stereocenters. The van der Waals surface area contributed by atoms with E-state index in [0.29, 0.717) is 24.5 Å². The smallest absolute Gasteiger partial charge is 0.214 e. The Labute approximate surface area is 137 Å². The number of nitrogens with zero attached hydrogens (tertiary/aromatic N) is 2. The van der Waals surface area contributed by atoms with Crippen LogP contribution in [0.25, 0.3) is 0 Å². The average molecular weight is 341 g/mol. The molecule has 2 heterocycles. The minimum Gasteiger partial charge on any atom is -0.244 e. The van der Waals surface area contributed by atoms with Crippen molar-refractivity contribution in [3.05, 3.63) is 29.0 Å². The highest BCUT2D eigenvalue weighted by Gasteiger charge is 2.31. The highest BCUT2D eigenvalue weighted by atomic mass is 35.5. The van der Waals surface area contributed by atoms with Crippen LogP contribution in [0.3, 0.4) is 0 Å². The van der Waals surface area contributed by atoms with Gasteiger partial charge in [-0.25, -0.2) is 13.4 Å². The number of aromatic nitrogens is 1. The van der Waals surface area contributed by atoms with Gasteiger partial charge >= 0.3 is 0 Å². The number of sulfonamides is 1. The molecule has 0 spiro atoms. The second kappa shape index (κ2) is 7.96. The summed E-state index contributed by atoms with van der Waals surface area (Å²) in [7, 11) is -3.27. The van der Waals surface area contributed by atoms with Crippen LogP contribution >= 0.6 is 11.6 Å². The van der Waals surface area contributed by atoms with E-state index in [9.17, 15) is 8.42 Å². The van der Waals surface area contributed by atoms with Gasteiger partial charge in [0, 0.05) is 25.2 Å². The molecule has 0 aromatic carbocycles. The summed E-state index contributed by atoms with van der Waals surface area (Å²) in [5, 5.41) is 0.414. The Morgan fingerprint density at radius 1 is 1.41 bits per heavy atom.